The van der Waals surface area contributed by atoms with Crippen LogP contribution < -0.4 is 4.90 Å². The highest BCUT2D eigenvalue weighted by molar-refractivity contribution is 7.90. The van der Waals surface area contributed by atoms with Gasteiger partial charge in [-0.15, -0.1) is 0 Å². The summed E-state index contributed by atoms with van der Waals surface area (Å²) >= 11 is 0. The zero-order valence-electron chi connectivity index (χ0n) is 18.2. The number of carboxylic acid groups (broad SMARTS) is 1. The first-order valence-corrected chi connectivity index (χ1v) is 11.9. The summed E-state index contributed by atoms with van der Waals surface area (Å²) in [5, 5.41) is 7.12. The molecule has 8 nitrogen and oxygen atoms in total. The maximum Gasteiger partial charge on any atom is 0.490 e. The summed E-state index contributed by atoms with van der Waals surface area (Å²) in [6.45, 7) is -1.14. The third-order valence-corrected chi connectivity index (χ3v) is 6.75. The Balaban J connectivity index is 0.000000429. The van der Waals surface area contributed by atoms with Crippen LogP contribution in [0, 0.1) is 0 Å². The monoisotopic (exact) mass is 521 g/mol. The molecule has 4 rings (SSSR count). The lowest BCUT2D eigenvalue weighted by atomic mass is 9.93. The Morgan fingerprint density at radius 1 is 1.09 bits per heavy atom. The summed E-state index contributed by atoms with van der Waals surface area (Å²) in [4.78, 5) is 28.2. The molecule has 2 saturated heterocycles. The van der Waals surface area contributed by atoms with Crippen molar-refractivity contribution in [2.24, 2.45) is 0 Å². The van der Waals surface area contributed by atoms with E-state index in [0.29, 0.717) is 5.56 Å². The van der Waals surface area contributed by atoms with Crippen molar-refractivity contribution in [3.05, 3.63) is 54.2 Å². The SMILES string of the molecule is CS(=O)(=O)c1ccccc1CN1C[C@]2(F)CN(c3ccccn3)C(=O)[C@]2(F)C1.O=C(O)C(F)(F)F. The summed E-state index contributed by atoms with van der Waals surface area (Å²) in [6, 6.07) is 11.2. The molecule has 0 unspecified atom stereocenters. The number of sulfone groups is 1. The number of amides is 1. The number of fused-ring (bicyclic) bond motifs is 1. The number of carbonyl (C=O) groups is 2. The largest absolute Gasteiger partial charge is 0.490 e. The maximum absolute atomic E-state index is 15.5. The van der Waals surface area contributed by atoms with Gasteiger partial charge in [-0.3, -0.25) is 14.6 Å². The van der Waals surface area contributed by atoms with Crippen molar-refractivity contribution in [3.8, 4) is 0 Å². The number of aliphatic carboxylic acids is 1. The fourth-order valence-corrected chi connectivity index (χ4v) is 4.94. The molecule has 1 aromatic heterocycles. The van der Waals surface area contributed by atoms with Gasteiger partial charge in [-0.25, -0.2) is 27.0 Å². The van der Waals surface area contributed by atoms with Gasteiger partial charge in [-0.2, -0.15) is 13.2 Å². The van der Waals surface area contributed by atoms with Gasteiger partial charge in [0, 0.05) is 32.1 Å². The van der Waals surface area contributed by atoms with Crippen LogP contribution in [0.1, 0.15) is 5.56 Å². The summed E-state index contributed by atoms with van der Waals surface area (Å²) in [7, 11) is -3.48. The highest BCUT2D eigenvalue weighted by Gasteiger charge is 2.71. The quantitative estimate of drug-likeness (QED) is 0.616. The lowest BCUT2D eigenvalue weighted by molar-refractivity contribution is -0.192. The number of carboxylic acids is 1. The lowest BCUT2D eigenvalue weighted by Crippen LogP contribution is -2.47. The van der Waals surface area contributed by atoms with Gasteiger partial charge in [0.15, 0.2) is 15.5 Å². The maximum atomic E-state index is 15.5. The summed E-state index contributed by atoms with van der Waals surface area (Å²) in [6.07, 6.45) is -2.53. The molecule has 2 atom stereocenters. The van der Waals surface area contributed by atoms with Crippen LogP contribution in [0.25, 0.3) is 0 Å². The van der Waals surface area contributed by atoms with Crippen molar-refractivity contribution in [1.82, 2.24) is 9.88 Å². The predicted molar refractivity (Wildman–Crippen MR) is 113 cm³/mol. The zero-order valence-corrected chi connectivity index (χ0v) is 19.0. The number of aromatic nitrogens is 1. The number of alkyl halides is 5. The van der Waals surface area contributed by atoms with E-state index in [2.05, 4.69) is 4.98 Å². The van der Waals surface area contributed by atoms with Gasteiger partial charge in [-0.1, -0.05) is 24.3 Å². The van der Waals surface area contributed by atoms with Crippen molar-refractivity contribution in [2.45, 2.75) is 29.0 Å². The molecule has 14 heteroatoms. The van der Waals surface area contributed by atoms with Crippen molar-refractivity contribution in [1.29, 1.82) is 0 Å². The average Bonchev–Trinajstić information content (AvgIpc) is 3.11. The van der Waals surface area contributed by atoms with E-state index in [1.807, 2.05) is 0 Å². The van der Waals surface area contributed by atoms with E-state index in [9.17, 15) is 26.4 Å². The van der Waals surface area contributed by atoms with Gasteiger partial charge in [0.2, 0.25) is 5.67 Å². The van der Waals surface area contributed by atoms with Gasteiger partial charge >= 0.3 is 12.1 Å². The standard InChI is InChI=1S/C19H19F2N3O3S.C2HF3O2/c1-28(26,27)15-7-3-2-6-14(15)10-23-11-18(20)12-24(16-8-4-5-9-22-16)17(25)19(18,21)13-23;3-2(4,5)1(6)7/h2-9H,10-13H2,1H3;(H,6,7)/t18-,19+;/m0./s1. The third kappa shape index (κ3) is 5.27. The van der Waals surface area contributed by atoms with Crippen molar-refractivity contribution >= 4 is 27.5 Å². The molecule has 190 valence electrons. The van der Waals surface area contributed by atoms with E-state index in [0.717, 1.165) is 11.2 Å². The Bertz CT molecular complexity index is 1230. The van der Waals surface area contributed by atoms with Gasteiger partial charge < -0.3 is 5.11 Å². The molecule has 3 heterocycles. The first kappa shape index (κ1) is 26.5. The van der Waals surface area contributed by atoms with E-state index >= 15 is 8.78 Å². The Morgan fingerprint density at radius 3 is 2.20 bits per heavy atom. The molecular formula is C21H20F5N3O5S. The van der Waals surface area contributed by atoms with Crippen molar-refractivity contribution < 1.29 is 45.1 Å². The lowest BCUT2D eigenvalue weighted by Gasteiger charge is -2.22. The van der Waals surface area contributed by atoms with E-state index in [4.69, 9.17) is 9.90 Å². The van der Waals surface area contributed by atoms with E-state index < -0.39 is 52.3 Å². The predicted octanol–water partition coefficient (Wildman–Crippen LogP) is 2.40. The molecule has 2 aromatic rings. The number of rotatable bonds is 4. The minimum Gasteiger partial charge on any atom is -0.475 e. The number of hydrogen-bond donors (Lipinski definition) is 1. The van der Waals surface area contributed by atoms with Crippen molar-refractivity contribution in [3.63, 3.8) is 0 Å². The number of anilines is 1. The molecule has 1 aromatic carbocycles. The van der Waals surface area contributed by atoms with Gasteiger partial charge in [0.25, 0.3) is 5.91 Å². The molecule has 2 fully saturated rings. The number of nitrogens with zero attached hydrogens (tertiary/aromatic N) is 3. The van der Waals surface area contributed by atoms with Crippen LogP contribution in [0.15, 0.2) is 53.6 Å². The molecule has 0 saturated carbocycles. The fraction of sp³-hybridized carbons (Fsp3) is 0.381. The Labute approximate surface area is 196 Å². The summed E-state index contributed by atoms with van der Waals surface area (Å²) < 4.78 is 86.7. The fourth-order valence-electron chi connectivity index (χ4n) is 4.00. The normalized spacial score (nSPS) is 24.6. The second-order valence-electron chi connectivity index (χ2n) is 8.17. The number of pyridine rings is 1. The summed E-state index contributed by atoms with van der Waals surface area (Å²) in [5.41, 5.74) is -4.63. The van der Waals surface area contributed by atoms with E-state index in [1.165, 1.54) is 23.2 Å². The molecule has 0 aliphatic carbocycles. The molecule has 0 radical (unpaired) electrons. The molecule has 1 amide bonds. The van der Waals surface area contributed by atoms with Crippen LogP contribution in [0.5, 0.6) is 0 Å². The summed E-state index contributed by atoms with van der Waals surface area (Å²) in [5.74, 6) is -3.50. The van der Waals surface area contributed by atoms with Crippen LogP contribution in [0.2, 0.25) is 0 Å². The molecule has 2 aliphatic heterocycles. The minimum atomic E-state index is -5.08. The van der Waals surface area contributed by atoms with Gasteiger partial charge in [0.05, 0.1) is 11.4 Å². The van der Waals surface area contributed by atoms with Crippen molar-refractivity contribution in [2.75, 3.05) is 30.8 Å². The second kappa shape index (κ2) is 9.15. The molecule has 0 bridgehead atoms. The molecular weight excluding hydrogens is 501 g/mol. The smallest absolute Gasteiger partial charge is 0.475 e. The Morgan fingerprint density at radius 2 is 1.69 bits per heavy atom. The number of benzene rings is 1. The Hall–Kier alpha value is -3.13. The molecule has 2 aliphatic rings. The average molecular weight is 521 g/mol. The van der Waals surface area contributed by atoms with Crippen LogP contribution in [-0.4, -0.2) is 78.7 Å². The van der Waals surface area contributed by atoms with Crippen LogP contribution in [-0.2, 0) is 26.0 Å². The molecule has 0 spiro atoms. The first-order valence-electron chi connectivity index (χ1n) is 10.00. The highest BCUT2D eigenvalue weighted by Crippen LogP contribution is 2.47. The topological polar surface area (TPSA) is 108 Å². The van der Waals surface area contributed by atoms with E-state index in [-0.39, 0.29) is 23.8 Å². The van der Waals surface area contributed by atoms with E-state index in [1.54, 1.807) is 30.3 Å². The molecule has 35 heavy (non-hydrogen) atoms. The van der Waals surface area contributed by atoms with Gasteiger partial charge in [-0.05, 0) is 23.8 Å². The number of halogens is 5. The highest BCUT2D eigenvalue weighted by atomic mass is 32.2. The second-order valence-corrected chi connectivity index (χ2v) is 10.2. The number of likely N-dealkylation sites (tertiary alicyclic amines) is 1. The zero-order chi connectivity index (χ0) is 26.2. The van der Waals surface area contributed by atoms with Crippen LogP contribution in [0.4, 0.5) is 27.8 Å². The van der Waals surface area contributed by atoms with Crippen LogP contribution >= 0.6 is 0 Å². The number of carbonyl (C=O) groups excluding carboxylic acids is 1. The minimum absolute atomic E-state index is 0.0391. The molecule has 1 N–H and O–H groups in total. The first-order chi connectivity index (χ1) is 16.1. The van der Waals surface area contributed by atoms with Crippen LogP contribution in [0.3, 0.4) is 0 Å². The van der Waals surface area contributed by atoms with Gasteiger partial charge in [0.1, 0.15) is 5.82 Å². The number of hydrogen-bond acceptors (Lipinski definition) is 6. The third-order valence-electron chi connectivity index (χ3n) is 5.55. The Kier molecular flexibility index (Phi) is 6.92.